The highest BCUT2D eigenvalue weighted by atomic mass is 19.4. The zero-order valence-electron chi connectivity index (χ0n) is 25.5. The molecule has 0 saturated carbocycles. The van der Waals surface area contributed by atoms with Crippen LogP contribution in [0.3, 0.4) is 0 Å². The summed E-state index contributed by atoms with van der Waals surface area (Å²) in [6.07, 6.45) is -8.65. The number of nitrogens with one attached hydrogen (secondary N) is 1. The van der Waals surface area contributed by atoms with Gasteiger partial charge in [-0.3, -0.25) is 4.79 Å². The third kappa shape index (κ3) is 8.56. The number of ether oxygens (including phenoxy) is 2. The molecule has 3 aromatic carbocycles. The molecular formula is C33H33F6N5O3. The van der Waals surface area contributed by atoms with E-state index in [1.54, 1.807) is 6.07 Å². The van der Waals surface area contributed by atoms with Crippen LogP contribution >= 0.6 is 0 Å². The maximum atomic E-state index is 13.7. The van der Waals surface area contributed by atoms with Gasteiger partial charge in [0.15, 0.2) is 0 Å². The molecule has 1 aromatic heterocycles. The summed E-state index contributed by atoms with van der Waals surface area (Å²) in [6, 6.07) is 14.3. The van der Waals surface area contributed by atoms with E-state index in [1.165, 1.54) is 13.2 Å². The highest BCUT2D eigenvalue weighted by Gasteiger charge is 2.37. The van der Waals surface area contributed by atoms with Crippen LogP contribution in [0.5, 0.6) is 0 Å². The summed E-state index contributed by atoms with van der Waals surface area (Å²) >= 11 is 0. The van der Waals surface area contributed by atoms with Gasteiger partial charge in [0, 0.05) is 51.5 Å². The number of hydrogen-bond donors (Lipinski definition) is 1. The Balaban J connectivity index is 0.000000650. The zero-order chi connectivity index (χ0) is 33.6. The van der Waals surface area contributed by atoms with Crippen molar-refractivity contribution in [3.05, 3.63) is 89.1 Å². The monoisotopic (exact) mass is 661 g/mol. The van der Waals surface area contributed by atoms with Crippen LogP contribution in [0.25, 0.3) is 22.0 Å². The van der Waals surface area contributed by atoms with Crippen molar-refractivity contribution in [2.24, 2.45) is 0 Å². The number of rotatable bonds is 5. The quantitative estimate of drug-likeness (QED) is 0.261. The molecule has 2 fully saturated rings. The van der Waals surface area contributed by atoms with Gasteiger partial charge in [0.05, 0.1) is 48.8 Å². The molecule has 3 heterocycles. The molecule has 0 spiro atoms. The van der Waals surface area contributed by atoms with E-state index in [-0.39, 0.29) is 17.2 Å². The standard InChI is InChI=1S/C29H24F6N4O2.C4H9NO/c1-38(17-18-13-20(28(30,31)32)15-21(14-18)29(33,34)35)26(40)24-16-36-27(39-9-11-41-12-10-39)37-25(24)23-8-4-6-19-5-2-3-7-22(19)23;1-3-6-4-2-5-1/h2-8,13-16H,9-12,17H2,1H3;5H,1-4H2. The first kappa shape index (κ1) is 34.1. The summed E-state index contributed by atoms with van der Waals surface area (Å²) in [5, 5.41) is 4.87. The predicted molar refractivity (Wildman–Crippen MR) is 164 cm³/mol. The van der Waals surface area contributed by atoms with Crippen molar-refractivity contribution in [1.29, 1.82) is 0 Å². The summed E-state index contributed by atoms with van der Waals surface area (Å²) in [5.74, 6) is -0.282. The van der Waals surface area contributed by atoms with Gasteiger partial charge in [-0.1, -0.05) is 42.5 Å². The molecule has 0 atom stereocenters. The molecular weight excluding hydrogens is 628 g/mol. The molecule has 0 aliphatic carbocycles. The molecule has 6 rings (SSSR count). The molecule has 0 bridgehead atoms. The molecule has 1 N–H and O–H groups in total. The molecule has 14 heteroatoms. The lowest BCUT2D eigenvalue weighted by atomic mass is 9.99. The first-order chi connectivity index (χ1) is 22.4. The molecule has 8 nitrogen and oxygen atoms in total. The van der Waals surface area contributed by atoms with E-state index in [1.807, 2.05) is 41.3 Å². The van der Waals surface area contributed by atoms with Gasteiger partial charge in [-0.25, -0.2) is 9.97 Å². The highest BCUT2D eigenvalue weighted by Crippen LogP contribution is 2.37. The van der Waals surface area contributed by atoms with Crippen LogP contribution in [-0.2, 0) is 28.4 Å². The number of anilines is 1. The Kier molecular flexibility index (Phi) is 10.6. The van der Waals surface area contributed by atoms with Crippen molar-refractivity contribution in [2.75, 3.05) is 64.6 Å². The third-order valence-electron chi connectivity index (χ3n) is 7.61. The van der Waals surface area contributed by atoms with E-state index < -0.39 is 35.9 Å². The fourth-order valence-electron chi connectivity index (χ4n) is 5.26. The van der Waals surface area contributed by atoms with Gasteiger partial charge < -0.3 is 24.6 Å². The van der Waals surface area contributed by atoms with Gasteiger partial charge in [0.25, 0.3) is 5.91 Å². The molecule has 250 valence electrons. The Morgan fingerprint density at radius 1 is 0.872 bits per heavy atom. The highest BCUT2D eigenvalue weighted by molar-refractivity contribution is 6.04. The number of benzene rings is 3. The Morgan fingerprint density at radius 2 is 1.49 bits per heavy atom. The lowest BCUT2D eigenvalue weighted by Crippen LogP contribution is -2.37. The first-order valence-corrected chi connectivity index (χ1v) is 14.9. The largest absolute Gasteiger partial charge is 0.416 e. The van der Waals surface area contributed by atoms with Crippen molar-refractivity contribution in [3.8, 4) is 11.3 Å². The average molecular weight is 662 g/mol. The maximum absolute atomic E-state index is 13.7. The summed E-state index contributed by atoms with van der Waals surface area (Å²) in [7, 11) is 1.30. The van der Waals surface area contributed by atoms with Gasteiger partial charge in [-0.15, -0.1) is 0 Å². The molecule has 0 radical (unpaired) electrons. The number of halogens is 6. The number of nitrogens with zero attached hydrogens (tertiary/aromatic N) is 4. The van der Waals surface area contributed by atoms with E-state index in [4.69, 9.17) is 14.5 Å². The van der Waals surface area contributed by atoms with E-state index >= 15 is 0 Å². The smallest absolute Gasteiger partial charge is 0.379 e. The van der Waals surface area contributed by atoms with Gasteiger partial charge in [-0.05, 0) is 34.5 Å². The molecule has 2 aliphatic rings. The van der Waals surface area contributed by atoms with Crippen LogP contribution in [0, 0.1) is 0 Å². The van der Waals surface area contributed by atoms with E-state index in [2.05, 4.69) is 10.3 Å². The van der Waals surface area contributed by atoms with Gasteiger partial charge >= 0.3 is 12.4 Å². The SMILES string of the molecule is C1COCCN1.CN(Cc1cc(C(F)(F)F)cc(C(F)(F)F)c1)C(=O)c1cnc(N2CCOCC2)nc1-c1cccc2ccccc12. The fraction of sp³-hybridized carbons (Fsp3) is 0.364. The Bertz CT molecular complexity index is 1640. The first-order valence-electron chi connectivity index (χ1n) is 14.9. The van der Waals surface area contributed by atoms with Crippen LogP contribution in [0.2, 0.25) is 0 Å². The second kappa shape index (κ2) is 14.7. The minimum absolute atomic E-state index is 0.0577. The maximum Gasteiger partial charge on any atom is 0.416 e. The number of alkyl halides is 6. The second-order valence-corrected chi connectivity index (χ2v) is 11.0. The minimum atomic E-state index is -5.00. The molecule has 4 aromatic rings. The van der Waals surface area contributed by atoms with E-state index in [0.717, 1.165) is 42.0 Å². The number of aromatic nitrogens is 2. The second-order valence-electron chi connectivity index (χ2n) is 11.0. The summed E-state index contributed by atoms with van der Waals surface area (Å²) in [5.41, 5.74) is -2.22. The Hall–Kier alpha value is -4.27. The predicted octanol–water partition coefficient (Wildman–Crippen LogP) is 6.05. The van der Waals surface area contributed by atoms with Crippen molar-refractivity contribution >= 4 is 22.6 Å². The average Bonchev–Trinajstić information content (AvgIpc) is 3.08. The van der Waals surface area contributed by atoms with Crippen LogP contribution in [0.4, 0.5) is 32.3 Å². The van der Waals surface area contributed by atoms with Crippen molar-refractivity contribution < 1.29 is 40.6 Å². The lowest BCUT2D eigenvalue weighted by Gasteiger charge is -2.27. The number of morpholine rings is 2. The normalized spacial score (nSPS) is 15.6. The van der Waals surface area contributed by atoms with Gasteiger partial charge in [0.1, 0.15) is 0 Å². The molecule has 47 heavy (non-hydrogen) atoms. The van der Waals surface area contributed by atoms with E-state index in [0.29, 0.717) is 55.6 Å². The van der Waals surface area contributed by atoms with Gasteiger partial charge in [0.2, 0.25) is 5.95 Å². The minimum Gasteiger partial charge on any atom is -0.379 e. The molecule has 1 amide bonds. The Morgan fingerprint density at radius 3 is 2.09 bits per heavy atom. The Labute approximate surface area is 267 Å². The lowest BCUT2D eigenvalue weighted by molar-refractivity contribution is -0.143. The summed E-state index contributed by atoms with van der Waals surface area (Å²) < 4.78 is 90.7. The number of hydrogen-bond acceptors (Lipinski definition) is 7. The van der Waals surface area contributed by atoms with Crippen molar-refractivity contribution in [2.45, 2.75) is 18.9 Å². The summed E-state index contributed by atoms with van der Waals surface area (Å²) in [6.45, 7) is 5.37. The molecule has 0 unspecified atom stereocenters. The summed E-state index contributed by atoms with van der Waals surface area (Å²) in [4.78, 5) is 25.8. The molecule has 2 aliphatic heterocycles. The van der Waals surface area contributed by atoms with E-state index in [9.17, 15) is 31.1 Å². The number of amides is 1. The van der Waals surface area contributed by atoms with Crippen LogP contribution in [0.1, 0.15) is 27.0 Å². The van der Waals surface area contributed by atoms with Gasteiger partial charge in [-0.2, -0.15) is 26.3 Å². The third-order valence-corrected chi connectivity index (χ3v) is 7.61. The van der Waals surface area contributed by atoms with Crippen LogP contribution < -0.4 is 10.2 Å². The number of fused-ring (bicyclic) bond motifs is 1. The van der Waals surface area contributed by atoms with Crippen LogP contribution in [0.15, 0.2) is 66.9 Å². The van der Waals surface area contributed by atoms with Crippen molar-refractivity contribution in [3.63, 3.8) is 0 Å². The topological polar surface area (TPSA) is 79.8 Å². The fourth-order valence-corrected chi connectivity index (χ4v) is 5.26. The van der Waals surface area contributed by atoms with Crippen LogP contribution in [-0.4, -0.2) is 80.4 Å². The van der Waals surface area contributed by atoms with Crippen molar-refractivity contribution in [1.82, 2.24) is 20.2 Å². The number of carbonyl (C=O) groups is 1. The number of carbonyl (C=O) groups excluding carboxylic acids is 1. The zero-order valence-corrected chi connectivity index (χ0v) is 25.5. The molecule has 2 saturated heterocycles.